The smallest absolute Gasteiger partial charge is 0.263 e. The fourth-order valence-electron chi connectivity index (χ4n) is 5.27. The third-order valence-electron chi connectivity index (χ3n) is 7.19. The minimum absolute atomic E-state index is 0. The molecule has 4 rings (SSSR count). The number of hydrogen-bond acceptors (Lipinski definition) is 8. The van der Waals surface area contributed by atoms with Crippen molar-refractivity contribution in [3.8, 4) is 17.0 Å². The Bertz CT molecular complexity index is 1670. The summed E-state index contributed by atoms with van der Waals surface area (Å²) in [4.78, 5) is 52.0. The lowest BCUT2D eigenvalue weighted by molar-refractivity contribution is 0.365. The summed E-state index contributed by atoms with van der Waals surface area (Å²) in [6.07, 6.45) is 2.11. The second kappa shape index (κ2) is 15.8. The molecular formula is C29H43Cl3N6O4. The van der Waals surface area contributed by atoms with E-state index >= 15 is 0 Å². The van der Waals surface area contributed by atoms with Crippen LogP contribution in [0.1, 0.15) is 19.3 Å². The summed E-state index contributed by atoms with van der Waals surface area (Å²) in [5.74, 6) is -0.151. The van der Waals surface area contributed by atoms with E-state index in [0.717, 1.165) is 26.1 Å². The van der Waals surface area contributed by atoms with Crippen LogP contribution in [0, 0.1) is 0 Å². The van der Waals surface area contributed by atoms with Crippen LogP contribution in [0.5, 0.6) is 5.88 Å². The van der Waals surface area contributed by atoms with Gasteiger partial charge in [0.05, 0.1) is 16.3 Å². The lowest BCUT2D eigenvalue weighted by Crippen LogP contribution is -2.37. The van der Waals surface area contributed by atoms with Crippen molar-refractivity contribution in [2.24, 2.45) is 4.99 Å². The number of benzene rings is 2. The summed E-state index contributed by atoms with van der Waals surface area (Å²) in [6.45, 7) is 3.45. The predicted molar refractivity (Wildman–Crippen MR) is 179 cm³/mol. The molecule has 10 nitrogen and oxygen atoms in total. The van der Waals surface area contributed by atoms with E-state index in [1.807, 2.05) is 52.1 Å². The molecule has 0 radical (unpaired) electrons. The number of aromatic nitrogens is 2. The first-order valence-electron chi connectivity index (χ1n) is 13.5. The molecule has 1 N–H and O–H groups in total. The standard InChI is InChI=1S/C29H40N6O4.3ClH/c1-31(2)13-7-12-30-22-18-21-23-19(26(36)34(28(21)38)16-8-14-32(3)4)10-11-20-24(23)25(22)29(39)35(27(20)37)17-9-15-33(5)6;;;/h10-11,18,37H,7-9,12-17H2,1-6H3;3*1H. The maximum Gasteiger partial charge on any atom is 0.263 e. The van der Waals surface area contributed by atoms with Gasteiger partial charge >= 0.3 is 0 Å². The molecule has 0 spiro atoms. The molecule has 0 atom stereocenters. The van der Waals surface area contributed by atoms with Gasteiger partial charge in [0.25, 0.3) is 16.7 Å². The molecule has 42 heavy (non-hydrogen) atoms. The Hall–Kier alpha value is -2.47. The zero-order valence-electron chi connectivity index (χ0n) is 25.2. The lowest BCUT2D eigenvalue weighted by Gasteiger charge is -2.20. The van der Waals surface area contributed by atoms with Gasteiger partial charge in [-0.1, -0.05) is 0 Å². The predicted octanol–water partition coefficient (Wildman–Crippen LogP) is 2.38. The zero-order valence-corrected chi connectivity index (χ0v) is 27.6. The van der Waals surface area contributed by atoms with Crippen LogP contribution in [-0.4, -0.2) is 97.4 Å². The van der Waals surface area contributed by atoms with Crippen LogP contribution in [0.15, 0.2) is 37.6 Å². The van der Waals surface area contributed by atoms with Crippen molar-refractivity contribution in [3.05, 3.63) is 54.6 Å². The van der Waals surface area contributed by atoms with Crippen LogP contribution in [0.25, 0.3) is 32.7 Å². The molecule has 0 unspecified atom stereocenters. The first kappa shape index (κ1) is 37.6. The first-order valence-corrected chi connectivity index (χ1v) is 13.5. The number of rotatable bonds is 12. The Kier molecular flexibility index (Phi) is 14.2. The van der Waals surface area contributed by atoms with Crippen LogP contribution in [0.4, 0.5) is 0 Å². The third-order valence-corrected chi connectivity index (χ3v) is 7.19. The molecule has 1 aliphatic carbocycles. The highest BCUT2D eigenvalue weighted by Gasteiger charge is 2.26. The molecule has 1 aliphatic heterocycles. The van der Waals surface area contributed by atoms with Crippen LogP contribution < -0.4 is 22.0 Å². The maximum atomic E-state index is 13.9. The number of hydrogen-bond donors (Lipinski definition) is 1. The van der Waals surface area contributed by atoms with Crippen molar-refractivity contribution in [1.29, 1.82) is 0 Å². The van der Waals surface area contributed by atoms with Crippen molar-refractivity contribution < 1.29 is 5.11 Å². The summed E-state index contributed by atoms with van der Waals surface area (Å²) in [7, 11) is 11.8. The third kappa shape index (κ3) is 7.53. The van der Waals surface area contributed by atoms with Gasteiger partial charge in [-0.15, -0.1) is 37.2 Å². The van der Waals surface area contributed by atoms with Gasteiger partial charge in [0.1, 0.15) is 0 Å². The van der Waals surface area contributed by atoms with E-state index < -0.39 is 0 Å². The highest BCUT2D eigenvalue weighted by molar-refractivity contribution is 6.15. The molecule has 1 aromatic carbocycles. The molecule has 2 heterocycles. The SMILES string of the molecule is CN(C)CCCN=c1cc2c(=O)n(CCCN(C)C)c(=O)c3ccc4c(O)n(CCCN(C)C)c(=O)c1c4c3-2.Cl.Cl.Cl. The van der Waals surface area contributed by atoms with E-state index in [1.54, 1.807) is 18.2 Å². The maximum absolute atomic E-state index is 13.9. The van der Waals surface area contributed by atoms with Crippen molar-refractivity contribution in [2.45, 2.75) is 32.4 Å². The Morgan fingerprint density at radius 3 is 1.79 bits per heavy atom. The van der Waals surface area contributed by atoms with E-state index in [9.17, 15) is 19.5 Å². The van der Waals surface area contributed by atoms with Crippen LogP contribution in [-0.2, 0) is 13.1 Å². The molecule has 13 heteroatoms. The minimum Gasteiger partial charge on any atom is -0.494 e. The van der Waals surface area contributed by atoms with E-state index in [1.165, 1.54) is 9.13 Å². The average Bonchev–Trinajstić information content (AvgIpc) is 2.87. The lowest BCUT2D eigenvalue weighted by atomic mass is 9.90. The molecule has 0 fully saturated rings. The van der Waals surface area contributed by atoms with E-state index in [4.69, 9.17) is 4.99 Å². The summed E-state index contributed by atoms with van der Waals surface area (Å²) in [5.41, 5.74) is -0.341. The Morgan fingerprint density at radius 1 is 0.690 bits per heavy atom. The molecular weight excluding hydrogens is 603 g/mol. The molecule has 234 valence electrons. The summed E-state index contributed by atoms with van der Waals surface area (Å²) in [5, 5.41) is 13.3. The highest BCUT2D eigenvalue weighted by Crippen LogP contribution is 2.36. The summed E-state index contributed by atoms with van der Waals surface area (Å²) < 4.78 is 2.68. The molecule has 0 saturated heterocycles. The second-order valence-electron chi connectivity index (χ2n) is 11.1. The summed E-state index contributed by atoms with van der Waals surface area (Å²) in [6, 6.07) is 5.02. The van der Waals surface area contributed by atoms with Crippen molar-refractivity contribution in [1.82, 2.24) is 23.8 Å². The molecule has 0 saturated carbocycles. The Balaban J connectivity index is 0.00000294. The number of pyridine rings is 2. The van der Waals surface area contributed by atoms with E-state index in [0.29, 0.717) is 70.5 Å². The second-order valence-corrected chi connectivity index (χ2v) is 11.1. The van der Waals surface area contributed by atoms with Gasteiger partial charge in [0.15, 0.2) is 0 Å². The van der Waals surface area contributed by atoms with Crippen molar-refractivity contribution in [3.63, 3.8) is 0 Å². The molecule has 0 bridgehead atoms. The van der Waals surface area contributed by atoms with Gasteiger partial charge in [-0.3, -0.25) is 28.5 Å². The van der Waals surface area contributed by atoms with Gasteiger partial charge < -0.3 is 19.8 Å². The van der Waals surface area contributed by atoms with Gasteiger partial charge in [-0.05, 0) is 99.4 Å². The number of halogens is 3. The molecule has 0 amide bonds. The fourth-order valence-corrected chi connectivity index (χ4v) is 5.27. The monoisotopic (exact) mass is 644 g/mol. The quantitative estimate of drug-likeness (QED) is 0.187. The zero-order chi connectivity index (χ0) is 28.4. The van der Waals surface area contributed by atoms with Gasteiger partial charge in [-0.2, -0.15) is 0 Å². The average molecular weight is 646 g/mol. The van der Waals surface area contributed by atoms with Crippen LogP contribution in [0.3, 0.4) is 0 Å². The summed E-state index contributed by atoms with van der Waals surface area (Å²) >= 11 is 0. The first-order chi connectivity index (χ1) is 18.5. The van der Waals surface area contributed by atoms with Gasteiger partial charge in [0.2, 0.25) is 5.88 Å². The van der Waals surface area contributed by atoms with Gasteiger partial charge in [0, 0.05) is 41.4 Å². The highest BCUT2D eigenvalue weighted by atomic mass is 35.5. The van der Waals surface area contributed by atoms with Crippen molar-refractivity contribution >= 4 is 58.8 Å². The largest absolute Gasteiger partial charge is 0.494 e. The normalized spacial score (nSPS) is 12.1. The topological polar surface area (TPSA) is 103 Å². The number of nitrogens with zero attached hydrogens (tertiary/aromatic N) is 6. The molecule has 2 aromatic rings. The van der Waals surface area contributed by atoms with Gasteiger partial charge in [-0.25, -0.2) is 0 Å². The van der Waals surface area contributed by atoms with E-state index in [-0.39, 0.29) is 59.8 Å². The Morgan fingerprint density at radius 2 is 1.21 bits per heavy atom. The minimum atomic E-state index is -0.389. The molecule has 2 aliphatic rings. The molecule has 1 aromatic heterocycles. The van der Waals surface area contributed by atoms with Crippen LogP contribution in [0.2, 0.25) is 0 Å². The number of aromatic hydroxyl groups is 1. The Labute approximate surface area is 264 Å². The van der Waals surface area contributed by atoms with Crippen LogP contribution >= 0.6 is 37.2 Å². The fraction of sp³-hybridized carbons (Fsp3) is 0.517. The van der Waals surface area contributed by atoms with E-state index in [2.05, 4.69) is 4.90 Å². The van der Waals surface area contributed by atoms with Crippen molar-refractivity contribution in [2.75, 3.05) is 68.5 Å².